The Morgan fingerprint density at radius 3 is 2.50 bits per heavy atom. The Bertz CT molecular complexity index is 475. The Morgan fingerprint density at radius 1 is 1.39 bits per heavy atom. The predicted octanol–water partition coefficient (Wildman–Crippen LogP) is 2.05. The molecular weight excluding hydrogens is 232 g/mol. The summed E-state index contributed by atoms with van der Waals surface area (Å²) in [4.78, 5) is 11.0. The van der Waals surface area contributed by atoms with Gasteiger partial charge in [-0.15, -0.1) is 0 Å². The highest BCUT2D eigenvalue weighted by Crippen LogP contribution is 2.40. The van der Waals surface area contributed by atoms with Gasteiger partial charge in [-0.2, -0.15) is 0 Å². The summed E-state index contributed by atoms with van der Waals surface area (Å²) in [5.74, 6) is 0.0492. The van der Waals surface area contributed by atoms with Crippen molar-refractivity contribution in [2.24, 2.45) is 0 Å². The number of ether oxygens (including phenoxy) is 2. The van der Waals surface area contributed by atoms with Crippen LogP contribution in [0, 0.1) is 13.8 Å². The normalized spacial score (nSPS) is 17.1. The van der Waals surface area contributed by atoms with Crippen LogP contribution in [0.25, 0.3) is 0 Å². The zero-order valence-electron chi connectivity index (χ0n) is 10.9. The fraction of sp³-hybridized carbons (Fsp3) is 0.500. The average Bonchev–Trinajstić information content (AvgIpc) is 2.27. The SMILES string of the molecule is COc1ccc(C2(CC(=O)O)COC2)c(C)c1C. The molecular formula is C14H18O4. The van der Waals surface area contributed by atoms with Gasteiger partial charge in [0.2, 0.25) is 0 Å². The smallest absolute Gasteiger partial charge is 0.304 e. The molecule has 18 heavy (non-hydrogen) atoms. The molecule has 0 unspecified atom stereocenters. The maximum atomic E-state index is 11.0. The number of carboxylic acids is 1. The first-order chi connectivity index (χ1) is 8.50. The second-order valence-corrected chi connectivity index (χ2v) is 4.91. The first-order valence-corrected chi connectivity index (χ1v) is 5.94. The van der Waals surface area contributed by atoms with Crippen molar-refractivity contribution >= 4 is 5.97 Å². The number of rotatable bonds is 4. The van der Waals surface area contributed by atoms with E-state index in [-0.39, 0.29) is 11.8 Å². The van der Waals surface area contributed by atoms with Gasteiger partial charge in [0.1, 0.15) is 5.75 Å². The van der Waals surface area contributed by atoms with Crippen LogP contribution in [0.15, 0.2) is 12.1 Å². The molecule has 98 valence electrons. The van der Waals surface area contributed by atoms with Crippen LogP contribution >= 0.6 is 0 Å². The van der Waals surface area contributed by atoms with Crippen LogP contribution in [0.3, 0.4) is 0 Å². The number of benzene rings is 1. The van der Waals surface area contributed by atoms with Crippen LogP contribution in [0.4, 0.5) is 0 Å². The molecule has 1 heterocycles. The summed E-state index contributed by atoms with van der Waals surface area (Å²) in [5.41, 5.74) is 2.85. The minimum Gasteiger partial charge on any atom is -0.496 e. The second-order valence-electron chi connectivity index (χ2n) is 4.91. The molecule has 1 N–H and O–H groups in total. The van der Waals surface area contributed by atoms with E-state index in [0.29, 0.717) is 13.2 Å². The summed E-state index contributed by atoms with van der Waals surface area (Å²) in [5, 5.41) is 9.06. The Labute approximate surface area is 107 Å². The number of carboxylic acid groups (broad SMARTS) is 1. The predicted molar refractivity (Wildman–Crippen MR) is 67.2 cm³/mol. The molecule has 0 spiro atoms. The van der Waals surface area contributed by atoms with E-state index in [9.17, 15) is 4.79 Å². The fourth-order valence-corrected chi connectivity index (χ4v) is 2.58. The van der Waals surface area contributed by atoms with E-state index < -0.39 is 5.97 Å². The first kappa shape index (κ1) is 12.9. The van der Waals surface area contributed by atoms with Gasteiger partial charge in [-0.05, 0) is 36.6 Å². The molecule has 1 aliphatic rings. The Balaban J connectivity index is 2.44. The largest absolute Gasteiger partial charge is 0.496 e. The van der Waals surface area contributed by atoms with Gasteiger partial charge in [-0.1, -0.05) is 6.07 Å². The summed E-state index contributed by atoms with van der Waals surface area (Å²) >= 11 is 0. The van der Waals surface area contributed by atoms with E-state index in [1.165, 1.54) is 0 Å². The van der Waals surface area contributed by atoms with Crippen molar-refractivity contribution in [2.45, 2.75) is 25.7 Å². The lowest BCUT2D eigenvalue weighted by atomic mass is 9.73. The lowest BCUT2D eigenvalue weighted by Crippen LogP contribution is -2.48. The van der Waals surface area contributed by atoms with Crippen molar-refractivity contribution in [1.82, 2.24) is 0 Å². The van der Waals surface area contributed by atoms with Crippen molar-refractivity contribution < 1.29 is 19.4 Å². The monoisotopic (exact) mass is 250 g/mol. The summed E-state index contributed by atoms with van der Waals surface area (Å²) in [6.45, 7) is 4.96. The van der Waals surface area contributed by atoms with Crippen LogP contribution in [0.1, 0.15) is 23.1 Å². The van der Waals surface area contributed by atoms with E-state index in [1.807, 2.05) is 26.0 Å². The maximum absolute atomic E-state index is 11.0. The number of carbonyl (C=O) groups is 1. The fourth-order valence-electron chi connectivity index (χ4n) is 2.58. The molecule has 1 saturated heterocycles. The third-order valence-corrected chi connectivity index (χ3v) is 3.78. The minimum absolute atomic E-state index is 0.111. The Morgan fingerprint density at radius 2 is 2.06 bits per heavy atom. The third kappa shape index (κ3) is 1.97. The summed E-state index contributed by atoms with van der Waals surface area (Å²) in [6, 6.07) is 3.87. The molecule has 1 fully saturated rings. The lowest BCUT2D eigenvalue weighted by molar-refractivity contribution is -0.145. The molecule has 1 aromatic rings. The molecule has 0 atom stereocenters. The van der Waals surface area contributed by atoms with Crippen LogP contribution < -0.4 is 4.74 Å². The van der Waals surface area contributed by atoms with Gasteiger partial charge < -0.3 is 14.6 Å². The lowest BCUT2D eigenvalue weighted by Gasteiger charge is -2.42. The van der Waals surface area contributed by atoms with Crippen molar-refractivity contribution in [1.29, 1.82) is 0 Å². The molecule has 0 saturated carbocycles. The molecule has 1 aliphatic heterocycles. The standard InChI is InChI=1S/C14H18O4/c1-9-10(2)12(17-3)5-4-11(9)14(6-13(15)16)7-18-8-14/h4-5H,6-8H2,1-3H3,(H,15,16). The van der Waals surface area contributed by atoms with Crippen molar-refractivity contribution in [2.75, 3.05) is 20.3 Å². The molecule has 0 aliphatic carbocycles. The van der Waals surface area contributed by atoms with E-state index in [0.717, 1.165) is 22.4 Å². The van der Waals surface area contributed by atoms with E-state index >= 15 is 0 Å². The molecule has 4 nitrogen and oxygen atoms in total. The van der Waals surface area contributed by atoms with Gasteiger partial charge in [-0.25, -0.2) is 0 Å². The maximum Gasteiger partial charge on any atom is 0.304 e. The zero-order chi connectivity index (χ0) is 13.3. The van der Waals surface area contributed by atoms with Gasteiger partial charge >= 0.3 is 5.97 Å². The van der Waals surface area contributed by atoms with E-state index in [1.54, 1.807) is 7.11 Å². The van der Waals surface area contributed by atoms with Crippen molar-refractivity contribution in [3.05, 3.63) is 28.8 Å². The Kier molecular flexibility index (Phi) is 3.30. The van der Waals surface area contributed by atoms with Crippen molar-refractivity contribution in [3.8, 4) is 5.75 Å². The highest BCUT2D eigenvalue weighted by Gasteiger charge is 2.43. The summed E-state index contributed by atoms with van der Waals surface area (Å²) in [7, 11) is 1.64. The molecule has 1 aromatic carbocycles. The topological polar surface area (TPSA) is 55.8 Å². The van der Waals surface area contributed by atoms with Crippen LogP contribution in [-0.2, 0) is 14.9 Å². The average molecular weight is 250 g/mol. The number of hydrogen-bond donors (Lipinski definition) is 1. The van der Waals surface area contributed by atoms with Gasteiger partial charge in [0.25, 0.3) is 0 Å². The number of aliphatic carboxylic acids is 1. The van der Waals surface area contributed by atoms with E-state index in [2.05, 4.69) is 0 Å². The highest BCUT2D eigenvalue weighted by molar-refractivity contribution is 5.70. The van der Waals surface area contributed by atoms with Gasteiger partial charge in [0, 0.05) is 0 Å². The minimum atomic E-state index is -0.786. The Hall–Kier alpha value is -1.55. The third-order valence-electron chi connectivity index (χ3n) is 3.78. The quantitative estimate of drug-likeness (QED) is 0.888. The highest BCUT2D eigenvalue weighted by atomic mass is 16.5. The molecule has 0 bridgehead atoms. The molecule has 0 aromatic heterocycles. The first-order valence-electron chi connectivity index (χ1n) is 5.94. The molecule has 2 rings (SSSR count). The molecule has 4 heteroatoms. The van der Waals surface area contributed by atoms with E-state index in [4.69, 9.17) is 14.6 Å². The summed E-state index contributed by atoms with van der Waals surface area (Å²) < 4.78 is 10.5. The van der Waals surface area contributed by atoms with Gasteiger partial charge in [0.05, 0.1) is 32.2 Å². The van der Waals surface area contributed by atoms with Crippen LogP contribution in [-0.4, -0.2) is 31.4 Å². The van der Waals surface area contributed by atoms with Crippen LogP contribution in [0.5, 0.6) is 5.75 Å². The van der Waals surface area contributed by atoms with Crippen LogP contribution in [0.2, 0.25) is 0 Å². The summed E-state index contributed by atoms with van der Waals surface area (Å²) in [6.07, 6.45) is 0.111. The van der Waals surface area contributed by atoms with Gasteiger partial charge in [0.15, 0.2) is 0 Å². The number of hydrogen-bond acceptors (Lipinski definition) is 3. The molecule has 0 radical (unpaired) electrons. The number of methoxy groups -OCH3 is 1. The second kappa shape index (κ2) is 4.61. The van der Waals surface area contributed by atoms with Crippen molar-refractivity contribution in [3.63, 3.8) is 0 Å². The van der Waals surface area contributed by atoms with Gasteiger partial charge in [-0.3, -0.25) is 4.79 Å². The zero-order valence-corrected chi connectivity index (χ0v) is 10.9. The molecule has 0 amide bonds.